The molecule has 0 heterocycles. The average molecular weight is 215 g/mol. The van der Waals surface area contributed by atoms with Crippen LogP contribution in [-0.2, 0) is 0 Å². The highest BCUT2D eigenvalue weighted by Gasteiger charge is 2.02. The number of aliphatic hydroxyl groups is 1. The van der Waals surface area contributed by atoms with Crippen LogP contribution in [0.4, 0.5) is 0 Å². The molecule has 60 valence electrons. The Hall–Kier alpha value is -0.340. The summed E-state index contributed by atoms with van der Waals surface area (Å²) in [6.45, 7) is 2.21. The van der Waals surface area contributed by atoms with Gasteiger partial charge in [-0.3, -0.25) is 0 Å². The summed E-state index contributed by atoms with van der Waals surface area (Å²) in [6.07, 6.45) is 0. The lowest BCUT2D eigenvalue weighted by Crippen LogP contribution is -1.97. The lowest BCUT2D eigenvalue weighted by atomic mass is 10.0. The molecule has 0 aromatic heterocycles. The molecule has 2 heteroatoms. The Kier molecular flexibility index (Phi) is 3.09. The van der Waals surface area contributed by atoms with Crippen molar-refractivity contribution in [3.63, 3.8) is 0 Å². The second-order valence-corrected chi connectivity index (χ2v) is 3.55. The number of hydrogen-bond acceptors (Lipinski definition) is 1. The Morgan fingerprint density at radius 2 is 2.27 bits per heavy atom. The van der Waals surface area contributed by atoms with Crippen molar-refractivity contribution in [2.75, 3.05) is 6.61 Å². The SMILES string of the molecule is CC(CO)c1cccc(Br)c1. The van der Waals surface area contributed by atoms with E-state index in [0.29, 0.717) is 0 Å². The molecule has 0 amide bonds. The van der Waals surface area contributed by atoms with Crippen molar-refractivity contribution < 1.29 is 5.11 Å². The van der Waals surface area contributed by atoms with Gasteiger partial charge in [-0.1, -0.05) is 35.0 Å². The minimum atomic E-state index is 0.205. The monoisotopic (exact) mass is 214 g/mol. The van der Waals surface area contributed by atoms with Crippen LogP contribution >= 0.6 is 15.9 Å². The Labute approximate surface area is 75.2 Å². The van der Waals surface area contributed by atoms with Crippen molar-refractivity contribution in [3.8, 4) is 0 Å². The van der Waals surface area contributed by atoms with Gasteiger partial charge in [0.25, 0.3) is 0 Å². The van der Waals surface area contributed by atoms with Gasteiger partial charge < -0.3 is 5.11 Å². The first-order valence-electron chi connectivity index (χ1n) is 3.60. The van der Waals surface area contributed by atoms with Gasteiger partial charge in [0.05, 0.1) is 0 Å². The molecule has 1 nitrogen and oxygen atoms in total. The summed E-state index contributed by atoms with van der Waals surface area (Å²) in [7, 11) is 0. The van der Waals surface area contributed by atoms with E-state index in [1.54, 1.807) is 0 Å². The van der Waals surface area contributed by atoms with E-state index < -0.39 is 0 Å². The normalized spacial score (nSPS) is 13.0. The molecule has 11 heavy (non-hydrogen) atoms. The second-order valence-electron chi connectivity index (χ2n) is 2.64. The fraction of sp³-hybridized carbons (Fsp3) is 0.333. The lowest BCUT2D eigenvalue weighted by Gasteiger charge is -2.07. The Bertz CT molecular complexity index is 235. The van der Waals surface area contributed by atoms with E-state index >= 15 is 0 Å². The van der Waals surface area contributed by atoms with Crippen LogP contribution in [0.1, 0.15) is 18.4 Å². The molecule has 1 N–H and O–H groups in total. The fourth-order valence-corrected chi connectivity index (χ4v) is 1.34. The maximum Gasteiger partial charge on any atom is 0.0497 e. The van der Waals surface area contributed by atoms with E-state index in [1.807, 2.05) is 31.2 Å². The number of rotatable bonds is 2. The summed E-state index contributed by atoms with van der Waals surface area (Å²) in [5.41, 5.74) is 1.17. The Balaban J connectivity index is 2.86. The maximum atomic E-state index is 8.86. The third kappa shape index (κ3) is 2.31. The van der Waals surface area contributed by atoms with Crippen LogP contribution in [0, 0.1) is 0 Å². The smallest absolute Gasteiger partial charge is 0.0497 e. The van der Waals surface area contributed by atoms with Gasteiger partial charge in [0.15, 0.2) is 0 Å². The van der Waals surface area contributed by atoms with Crippen molar-refractivity contribution >= 4 is 15.9 Å². The second kappa shape index (κ2) is 3.88. The van der Waals surface area contributed by atoms with E-state index in [2.05, 4.69) is 15.9 Å². The van der Waals surface area contributed by atoms with Gasteiger partial charge in [0.1, 0.15) is 0 Å². The van der Waals surface area contributed by atoms with E-state index in [9.17, 15) is 0 Å². The lowest BCUT2D eigenvalue weighted by molar-refractivity contribution is 0.273. The third-order valence-corrected chi connectivity index (χ3v) is 2.18. The topological polar surface area (TPSA) is 20.2 Å². The van der Waals surface area contributed by atoms with Gasteiger partial charge in [-0.2, -0.15) is 0 Å². The summed E-state index contributed by atoms with van der Waals surface area (Å²) in [5.74, 6) is 0.229. The van der Waals surface area contributed by atoms with E-state index in [-0.39, 0.29) is 12.5 Å². The predicted molar refractivity (Wildman–Crippen MR) is 49.6 cm³/mol. The predicted octanol–water partition coefficient (Wildman–Crippen LogP) is 2.54. The van der Waals surface area contributed by atoms with E-state index in [4.69, 9.17) is 5.11 Å². The highest BCUT2D eigenvalue weighted by molar-refractivity contribution is 9.10. The summed E-state index contributed by atoms with van der Waals surface area (Å²) < 4.78 is 1.07. The molecule has 0 radical (unpaired) electrons. The summed E-state index contributed by atoms with van der Waals surface area (Å²) in [6, 6.07) is 8.01. The van der Waals surface area contributed by atoms with Gasteiger partial charge in [-0.15, -0.1) is 0 Å². The largest absolute Gasteiger partial charge is 0.396 e. The van der Waals surface area contributed by atoms with Crippen LogP contribution < -0.4 is 0 Å². The summed E-state index contributed by atoms with van der Waals surface area (Å²) in [4.78, 5) is 0. The standard InChI is InChI=1S/C9H11BrO/c1-7(6-11)8-3-2-4-9(10)5-8/h2-5,7,11H,6H2,1H3. The van der Waals surface area contributed by atoms with Crippen LogP contribution in [-0.4, -0.2) is 11.7 Å². The first-order chi connectivity index (χ1) is 5.24. The average Bonchev–Trinajstić information content (AvgIpc) is 2.03. The minimum absolute atomic E-state index is 0.205. The zero-order valence-electron chi connectivity index (χ0n) is 6.42. The molecule has 0 saturated heterocycles. The molecule has 0 fully saturated rings. The fourth-order valence-electron chi connectivity index (χ4n) is 0.919. The highest BCUT2D eigenvalue weighted by atomic mass is 79.9. The van der Waals surface area contributed by atoms with Crippen LogP contribution in [0.2, 0.25) is 0 Å². The van der Waals surface area contributed by atoms with E-state index in [1.165, 1.54) is 5.56 Å². The molecule has 1 atom stereocenters. The highest BCUT2D eigenvalue weighted by Crippen LogP contribution is 2.18. The molecule has 0 aliphatic heterocycles. The molecule has 1 aromatic carbocycles. The van der Waals surface area contributed by atoms with Crippen LogP contribution in [0.5, 0.6) is 0 Å². The maximum absolute atomic E-state index is 8.86. The van der Waals surface area contributed by atoms with E-state index in [0.717, 1.165) is 4.47 Å². The molecule has 0 aliphatic rings. The molecule has 0 bridgehead atoms. The zero-order valence-corrected chi connectivity index (χ0v) is 8.01. The van der Waals surface area contributed by atoms with Crippen molar-refractivity contribution in [3.05, 3.63) is 34.3 Å². The zero-order chi connectivity index (χ0) is 8.27. The molecule has 0 saturated carbocycles. The Morgan fingerprint density at radius 3 is 2.82 bits per heavy atom. The minimum Gasteiger partial charge on any atom is -0.396 e. The van der Waals surface area contributed by atoms with Crippen molar-refractivity contribution in [2.24, 2.45) is 0 Å². The number of hydrogen-bond donors (Lipinski definition) is 1. The first-order valence-corrected chi connectivity index (χ1v) is 4.39. The van der Waals surface area contributed by atoms with Crippen LogP contribution in [0.3, 0.4) is 0 Å². The summed E-state index contributed by atoms with van der Waals surface area (Å²) >= 11 is 3.38. The van der Waals surface area contributed by atoms with Gasteiger partial charge in [-0.05, 0) is 17.7 Å². The van der Waals surface area contributed by atoms with Gasteiger partial charge >= 0.3 is 0 Å². The molecule has 1 unspecified atom stereocenters. The Morgan fingerprint density at radius 1 is 1.55 bits per heavy atom. The number of halogens is 1. The van der Waals surface area contributed by atoms with Gasteiger partial charge in [0.2, 0.25) is 0 Å². The molecule has 0 aliphatic carbocycles. The molecular weight excluding hydrogens is 204 g/mol. The number of benzene rings is 1. The molecule has 1 rings (SSSR count). The van der Waals surface area contributed by atoms with Crippen molar-refractivity contribution in [2.45, 2.75) is 12.8 Å². The van der Waals surface area contributed by atoms with Crippen LogP contribution in [0.25, 0.3) is 0 Å². The number of aliphatic hydroxyl groups excluding tert-OH is 1. The third-order valence-electron chi connectivity index (χ3n) is 1.69. The summed E-state index contributed by atoms with van der Waals surface area (Å²) in [5, 5.41) is 8.86. The quantitative estimate of drug-likeness (QED) is 0.803. The van der Waals surface area contributed by atoms with Crippen LogP contribution in [0.15, 0.2) is 28.7 Å². The molecule has 1 aromatic rings. The first kappa shape index (κ1) is 8.75. The van der Waals surface area contributed by atoms with Gasteiger partial charge in [-0.25, -0.2) is 0 Å². The van der Waals surface area contributed by atoms with Gasteiger partial charge in [0, 0.05) is 17.0 Å². The van der Waals surface area contributed by atoms with Crippen molar-refractivity contribution in [1.82, 2.24) is 0 Å². The molecule has 0 spiro atoms. The van der Waals surface area contributed by atoms with Crippen molar-refractivity contribution in [1.29, 1.82) is 0 Å². The molecular formula is C9H11BrO.